The summed E-state index contributed by atoms with van der Waals surface area (Å²) in [5.74, 6) is -0.656. The molecule has 6 nitrogen and oxygen atoms in total. The third kappa shape index (κ3) is 30.9. The van der Waals surface area contributed by atoms with Crippen molar-refractivity contribution in [1.82, 2.24) is 0 Å². The van der Waals surface area contributed by atoms with Crippen LogP contribution in [0.5, 0.6) is 0 Å². The van der Waals surface area contributed by atoms with Crippen LogP contribution in [0.2, 0.25) is 0 Å². The number of hydrogen-bond donors (Lipinski definition) is 1. The number of epoxide rings is 1. The first-order valence-electron chi connectivity index (χ1n) is 21.2. The molecule has 0 aromatic heterocycles. The van der Waals surface area contributed by atoms with Gasteiger partial charge in [-0.2, -0.15) is 0 Å². The number of esters is 2. The van der Waals surface area contributed by atoms with Crippen LogP contribution in [0.1, 0.15) is 200 Å². The summed E-state index contributed by atoms with van der Waals surface area (Å²) in [5, 5.41) is 9.57. The number of carbonyl (C=O) groups excluding carboxylic acids is 2. The van der Waals surface area contributed by atoms with Gasteiger partial charge in [0.05, 0.1) is 18.8 Å². The van der Waals surface area contributed by atoms with Crippen molar-refractivity contribution in [2.24, 2.45) is 0 Å². The fraction of sp³-hybridized carbons (Fsp3) is 0.818. The zero-order valence-electron chi connectivity index (χ0n) is 32.6. The zero-order chi connectivity index (χ0) is 36.2. The smallest absolute Gasteiger partial charge is 0.306 e. The summed E-state index contributed by atoms with van der Waals surface area (Å²) >= 11 is 0. The van der Waals surface area contributed by atoms with Gasteiger partial charge in [-0.05, 0) is 51.4 Å². The average Bonchev–Trinajstić information content (AvgIpc) is 3.87. The zero-order valence-corrected chi connectivity index (χ0v) is 32.6. The molecular weight excluding hydrogens is 624 g/mol. The van der Waals surface area contributed by atoms with Crippen molar-refractivity contribution in [2.45, 2.75) is 218 Å². The third-order valence-corrected chi connectivity index (χ3v) is 9.59. The van der Waals surface area contributed by atoms with Gasteiger partial charge >= 0.3 is 11.9 Å². The Hall–Kier alpha value is -1.92. The predicted octanol–water partition coefficient (Wildman–Crippen LogP) is 12.2. The van der Waals surface area contributed by atoms with E-state index in [2.05, 4.69) is 50.3 Å². The van der Waals surface area contributed by atoms with Gasteiger partial charge in [0.1, 0.15) is 6.61 Å². The Morgan fingerprint density at radius 2 is 1.00 bits per heavy atom. The number of unbranched alkanes of at least 4 members (excludes halogenated alkanes) is 21. The number of aliphatic hydroxyl groups excluding tert-OH is 1. The van der Waals surface area contributed by atoms with Crippen molar-refractivity contribution in [3.8, 4) is 0 Å². The van der Waals surface area contributed by atoms with Crippen molar-refractivity contribution < 1.29 is 28.9 Å². The van der Waals surface area contributed by atoms with E-state index in [0.717, 1.165) is 44.9 Å². The van der Waals surface area contributed by atoms with Crippen molar-refractivity contribution in [3.63, 3.8) is 0 Å². The van der Waals surface area contributed by atoms with Crippen LogP contribution in [0, 0.1) is 0 Å². The van der Waals surface area contributed by atoms with E-state index >= 15 is 0 Å². The number of ether oxygens (including phenoxy) is 3. The topological polar surface area (TPSA) is 85.4 Å². The third-order valence-electron chi connectivity index (χ3n) is 9.59. The van der Waals surface area contributed by atoms with Gasteiger partial charge in [-0.1, -0.05) is 172 Å². The summed E-state index contributed by atoms with van der Waals surface area (Å²) in [4.78, 5) is 24.3. The number of carbonyl (C=O) groups is 2. The van der Waals surface area contributed by atoms with Crippen LogP contribution in [-0.2, 0) is 23.8 Å². The van der Waals surface area contributed by atoms with Gasteiger partial charge in [0.25, 0.3) is 0 Å². The quantitative estimate of drug-likeness (QED) is 0.0300. The fourth-order valence-corrected chi connectivity index (χ4v) is 6.24. The van der Waals surface area contributed by atoms with Crippen molar-refractivity contribution >= 4 is 11.9 Å². The van der Waals surface area contributed by atoms with Gasteiger partial charge in [-0.25, -0.2) is 0 Å². The molecule has 0 bridgehead atoms. The molecule has 1 aliphatic heterocycles. The van der Waals surface area contributed by atoms with Crippen LogP contribution in [0.4, 0.5) is 0 Å². The molecule has 1 heterocycles. The maximum Gasteiger partial charge on any atom is 0.306 e. The Morgan fingerprint density at radius 3 is 1.56 bits per heavy atom. The lowest BCUT2D eigenvalue weighted by Gasteiger charge is -2.15. The lowest BCUT2D eigenvalue weighted by atomic mass is 10.0. The molecule has 0 amide bonds. The molecule has 1 aliphatic rings. The first kappa shape index (κ1) is 46.1. The van der Waals surface area contributed by atoms with Crippen LogP contribution < -0.4 is 0 Å². The van der Waals surface area contributed by atoms with E-state index in [-0.39, 0.29) is 25.2 Å². The summed E-state index contributed by atoms with van der Waals surface area (Å²) in [6.45, 7) is 4.07. The van der Waals surface area contributed by atoms with Gasteiger partial charge in [-0.3, -0.25) is 9.59 Å². The predicted molar refractivity (Wildman–Crippen MR) is 209 cm³/mol. The second-order valence-corrected chi connectivity index (χ2v) is 14.5. The van der Waals surface area contributed by atoms with E-state index in [1.807, 2.05) is 0 Å². The molecule has 0 aromatic rings. The summed E-state index contributed by atoms with van der Waals surface area (Å²) in [7, 11) is 0. The monoisotopic (exact) mass is 703 g/mol. The largest absolute Gasteiger partial charge is 0.462 e. The molecule has 0 aliphatic carbocycles. The summed E-state index contributed by atoms with van der Waals surface area (Å²) < 4.78 is 16.3. The molecule has 6 heteroatoms. The molecule has 0 radical (unpaired) electrons. The maximum absolute atomic E-state index is 12.2. The highest BCUT2D eigenvalue weighted by Crippen LogP contribution is 2.29. The van der Waals surface area contributed by atoms with Crippen molar-refractivity contribution in [3.05, 3.63) is 36.5 Å². The number of rotatable bonds is 37. The van der Waals surface area contributed by atoms with Gasteiger partial charge < -0.3 is 19.3 Å². The van der Waals surface area contributed by atoms with Crippen LogP contribution in [0.3, 0.4) is 0 Å². The molecule has 0 spiro atoms. The van der Waals surface area contributed by atoms with Crippen LogP contribution in [0.25, 0.3) is 0 Å². The lowest BCUT2D eigenvalue weighted by Crippen LogP contribution is -2.28. The maximum atomic E-state index is 12.2. The normalized spacial score (nSPS) is 16.5. The van der Waals surface area contributed by atoms with E-state index in [0.29, 0.717) is 31.5 Å². The number of aliphatic hydroxyl groups is 1. The van der Waals surface area contributed by atoms with E-state index < -0.39 is 6.10 Å². The number of hydrogen-bond acceptors (Lipinski definition) is 6. The highest BCUT2D eigenvalue weighted by atomic mass is 16.6. The molecule has 0 saturated carbocycles. The highest BCUT2D eigenvalue weighted by molar-refractivity contribution is 5.70. The molecule has 1 N–H and O–H groups in total. The minimum Gasteiger partial charge on any atom is -0.462 e. The first-order chi connectivity index (χ1) is 24.6. The molecular formula is C44H78O6. The summed E-state index contributed by atoms with van der Waals surface area (Å²) in [6.07, 6.45) is 46.7. The van der Waals surface area contributed by atoms with Crippen molar-refractivity contribution in [1.29, 1.82) is 0 Å². The van der Waals surface area contributed by atoms with E-state index in [1.54, 1.807) is 0 Å². The molecule has 50 heavy (non-hydrogen) atoms. The van der Waals surface area contributed by atoms with Crippen molar-refractivity contribution in [2.75, 3.05) is 13.2 Å². The van der Waals surface area contributed by atoms with Gasteiger partial charge in [0, 0.05) is 12.8 Å². The minimum absolute atomic E-state index is 0.0956. The highest BCUT2D eigenvalue weighted by Gasteiger charge is 2.35. The lowest BCUT2D eigenvalue weighted by molar-refractivity contribution is -0.161. The number of allylic oxidation sites excluding steroid dienone is 4. The molecule has 3 atom stereocenters. The average molecular weight is 703 g/mol. The molecule has 1 fully saturated rings. The Labute approximate surface area is 308 Å². The summed E-state index contributed by atoms with van der Waals surface area (Å²) in [5.41, 5.74) is 0. The second-order valence-electron chi connectivity index (χ2n) is 14.5. The SMILES string of the molecule is CCCCC/C=C\CC1OC1C/C=C\C/C=C\CCCC(=O)OC[C@H](CO)OC(=O)CCCCCCCCCCCCCCCCCCCC. The van der Waals surface area contributed by atoms with Gasteiger partial charge in [0.15, 0.2) is 6.10 Å². The Morgan fingerprint density at radius 1 is 0.560 bits per heavy atom. The van der Waals surface area contributed by atoms with Crippen LogP contribution in [-0.4, -0.2) is 48.6 Å². The van der Waals surface area contributed by atoms with Crippen LogP contribution in [0.15, 0.2) is 36.5 Å². The Bertz CT molecular complexity index is 865. The standard InChI is InChI=1S/C44H78O6/c1-3-5-7-9-11-12-13-14-15-16-17-18-19-20-21-24-29-33-37-44(47)49-40(38-45)39-48-43(46)36-32-28-25-22-23-27-31-35-42-41(50-42)34-30-26-10-8-6-4-2/h22,25-27,30-31,40-42,45H,3-21,23-24,28-29,32-39H2,1-2H3/b25-22-,30-26-,31-27-/t40-,41?,42?/m0/s1. The van der Waals surface area contributed by atoms with Gasteiger partial charge in [-0.15, -0.1) is 0 Å². The molecule has 1 rings (SSSR count). The molecule has 2 unspecified atom stereocenters. The molecule has 290 valence electrons. The Kier molecular flexibility index (Phi) is 32.7. The fourth-order valence-electron chi connectivity index (χ4n) is 6.24. The van der Waals surface area contributed by atoms with E-state index in [9.17, 15) is 14.7 Å². The van der Waals surface area contributed by atoms with E-state index in [4.69, 9.17) is 14.2 Å². The van der Waals surface area contributed by atoms with Gasteiger partial charge in [0.2, 0.25) is 0 Å². The molecule has 0 aromatic carbocycles. The molecule has 1 saturated heterocycles. The second kappa shape index (κ2) is 35.5. The van der Waals surface area contributed by atoms with Crippen LogP contribution >= 0.6 is 0 Å². The summed E-state index contributed by atoms with van der Waals surface area (Å²) in [6, 6.07) is 0. The van der Waals surface area contributed by atoms with E-state index in [1.165, 1.54) is 122 Å². The Balaban J connectivity index is 1.89. The first-order valence-corrected chi connectivity index (χ1v) is 21.2. The minimum atomic E-state index is -0.794.